The van der Waals surface area contributed by atoms with Crippen LogP contribution in [-0.2, 0) is 14.3 Å². The van der Waals surface area contributed by atoms with Gasteiger partial charge in [0.2, 0.25) is 5.78 Å². The number of anilines is 1. The van der Waals surface area contributed by atoms with E-state index in [0.29, 0.717) is 46.6 Å². The average molecular weight is 442 g/mol. The molecule has 2 aromatic rings. The Balaban J connectivity index is 1.78. The molecule has 10 heteroatoms. The number of ketones is 1. The molecule has 0 N–H and O–H groups in total. The zero-order valence-electron chi connectivity index (χ0n) is 17.4. The zero-order valence-corrected chi connectivity index (χ0v) is 18.2. The van der Waals surface area contributed by atoms with Crippen LogP contribution in [0.1, 0.15) is 61.3 Å². The highest BCUT2D eigenvalue weighted by molar-refractivity contribution is 8.04. The Morgan fingerprint density at radius 3 is 2.65 bits per heavy atom. The van der Waals surface area contributed by atoms with E-state index in [4.69, 9.17) is 4.74 Å². The van der Waals surface area contributed by atoms with Crippen molar-refractivity contribution in [1.82, 2.24) is 14.6 Å². The van der Waals surface area contributed by atoms with Crippen molar-refractivity contribution in [3.8, 4) is 0 Å². The predicted molar refractivity (Wildman–Crippen MR) is 114 cm³/mol. The number of aldehydes is 2. The predicted octanol–water partition coefficient (Wildman–Crippen LogP) is 3.28. The van der Waals surface area contributed by atoms with Gasteiger partial charge in [0.15, 0.2) is 18.2 Å². The summed E-state index contributed by atoms with van der Waals surface area (Å²) in [7, 11) is 0. The van der Waals surface area contributed by atoms with Crippen LogP contribution >= 0.6 is 11.8 Å². The average Bonchev–Trinajstić information content (AvgIpc) is 3.26. The van der Waals surface area contributed by atoms with Crippen molar-refractivity contribution < 1.29 is 23.9 Å². The fourth-order valence-corrected chi connectivity index (χ4v) is 4.43. The molecule has 1 aliphatic heterocycles. The Hall–Kier alpha value is -3.01. The van der Waals surface area contributed by atoms with Gasteiger partial charge in [0, 0.05) is 12.1 Å². The number of hydrogen-bond acceptors (Lipinski definition) is 8. The highest BCUT2D eigenvalue weighted by Gasteiger charge is 2.39. The third-order valence-electron chi connectivity index (χ3n) is 4.84. The number of ether oxygens (including phenoxy) is 1. The minimum absolute atomic E-state index is 0.0289. The second-order valence-corrected chi connectivity index (χ2v) is 9.71. The van der Waals surface area contributed by atoms with Gasteiger partial charge >= 0.3 is 6.09 Å². The molecule has 4 rings (SSSR count). The molecular weight excluding hydrogens is 420 g/mol. The highest BCUT2D eigenvalue weighted by Crippen LogP contribution is 2.44. The summed E-state index contributed by atoms with van der Waals surface area (Å²) in [6, 6.07) is 1.72. The van der Waals surface area contributed by atoms with Crippen LogP contribution in [0.5, 0.6) is 0 Å². The number of carbonyl (C=O) groups is 4. The third kappa shape index (κ3) is 4.25. The minimum atomic E-state index is -0.674. The molecule has 1 aliphatic carbocycles. The summed E-state index contributed by atoms with van der Waals surface area (Å²) in [4.78, 5) is 53.7. The van der Waals surface area contributed by atoms with Crippen LogP contribution in [0.3, 0.4) is 0 Å². The van der Waals surface area contributed by atoms with E-state index < -0.39 is 17.5 Å². The lowest BCUT2D eigenvalue weighted by molar-refractivity contribution is -0.126. The first-order valence-electron chi connectivity index (χ1n) is 9.94. The number of Topliss-reactive ketones (excluding diaryl/α,β-unsaturated/α-hetero) is 1. The van der Waals surface area contributed by atoms with Crippen LogP contribution < -0.4 is 4.90 Å². The lowest BCUT2D eigenvalue weighted by Crippen LogP contribution is -2.39. The summed E-state index contributed by atoms with van der Waals surface area (Å²) in [6.45, 7) is 5.40. The van der Waals surface area contributed by atoms with E-state index in [0.717, 1.165) is 12.8 Å². The fourth-order valence-electron chi connectivity index (χ4n) is 3.34. The number of thioether (sulfide) groups is 1. The minimum Gasteiger partial charge on any atom is -0.443 e. The van der Waals surface area contributed by atoms with E-state index in [1.165, 1.54) is 22.5 Å². The lowest BCUT2D eigenvalue weighted by atomic mass is 10.2. The summed E-state index contributed by atoms with van der Waals surface area (Å²) < 4.78 is 7.10. The van der Waals surface area contributed by atoms with Crippen molar-refractivity contribution >= 4 is 47.7 Å². The molecule has 2 aliphatic rings. The summed E-state index contributed by atoms with van der Waals surface area (Å²) in [5.74, 6) is -0.110. The van der Waals surface area contributed by atoms with E-state index in [1.807, 2.05) is 0 Å². The molecule has 0 aromatic carbocycles. The van der Waals surface area contributed by atoms with Gasteiger partial charge in [0.25, 0.3) is 0 Å². The van der Waals surface area contributed by atoms with Crippen LogP contribution in [0.4, 0.5) is 10.6 Å². The first kappa shape index (κ1) is 21.2. The number of allylic oxidation sites excluding steroid dienone is 2. The van der Waals surface area contributed by atoms with Gasteiger partial charge in [-0.05, 0) is 40.0 Å². The van der Waals surface area contributed by atoms with E-state index in [9.17, 15) is 19.2 Å². The standard InChI is InChI=1S/C21H22N4O5S/c1-21(2,3)30-20(29)24(13-4-5-13)18-8-14(16-6-7-17(31-16)15(28)11-27)23-19-12(10-26)9-22-25(18)19/h7-11,13,16H,4-6H2,1-3H3. The number of amides is 1. The SMILES string of the molecule is CC(C)(C)OC(=O)N(c1cc(C2CC=C(C(=O)C=O)S2)nc2c(C=O)cnn12)C1CC1. The first-order chi connectivity index (χ1) is 14.7. The molecule has 1 saturated carbocycles. The number of aromatic nitrogens is 3. The van der Waals surface area contributed by atoms with Crippen LogP contribution in [0.2, 0.25) is 0 Å². The van der Waals surface area contributed by atoms with E-state index >= 15 is 0 Å². The van der Waals surface area contributed by atoms with Crippen LogP contribution in [-0.4, -0.2) is 50.7 Å². The van der Waals surface area contributed by atoms with Gasteiger partial charge in [-0.15, -0.1) is 11.8 Å². The number of carbonyl (C=O) groups excluding carboxylic acids is 4. The molecule has 0 radical (unpaired) electrons. The molecule has 1 unspecified atom stereocenters. The van der Waals surface area contributed by atoms with Gasteiger partial charge in [0.05, 0.1) is 27.6 Å². The summed E-state index contributed by atoms with van der Waals surface area (Å²) >= 11 is 1.25. The van der Waals surface area contributed by atoms with E-state index in [1.54, 1.807) is 37.8 Å². The molecule has 162 valence electrons. The molecule has 0 bridgehead atoms. The number of rotatable bonds is 6. The van der Waals surface area contributed by atoms with Crippen molar-refractivity contribution in [1.29, 1.82) is 0 Å². The van der Waals surface area contributed by atoms with Gasteiger partial charge in [0.1, 0.15) is 11.4 Å². The maximum atomic E-state index is 13.0. The number of nitrogens with zero attached hydrogens (tertiary/aromatic N) is 4. The summed E-state index contributed by atoms with van der Waals surface area (Å²) in [5, 5.41) is 4.05. The first-order valence-corrected chi connectivity index (χ1v) is 10.8. The number of fused-ring (bicyclic) bond motifs is 1. The largest absolute Gasteiger partial charge is 0.443 e. The van der Waals surface area contributed by atoms with Crippen molar-refractivity contribution in [2.45, 2.75) is 56.9 Å². The Labute approximate surface area is 182 Å². The molecule has 0 saturated heterocycles. The molecule has 1 atom stereocenters. The fraction of sp³-hybridized carbons (Fsp3) is 0.429. The Morgan fingerprint density at radius 1 is 1.29 bits per heavy atom. The normalized spacial score (nSPS) is 18.5. The van der Waals surface area contributed by atoms with Gasteiger partial charge in [-0.2, -0.15) is 9.61 Å². The van der Waals surface area contributed by atoms with Crippen molar-refractivity contribution in [2.24, 2.45) is 0 Å². The molecule has 3 heterocycles. The molecule has 9 nitrogen and oxygen atoms in total. The van der Waals surface area contributed by atoms with Crippen LogP contribution in [0.25, 0.3) is 5.65 Å². The maximum Gasteiger partial charge on any atom is 0.416 e. The second kappa shape index (κ2) is 7.92. The molecule has 31 heavy (non-hydrogen) atoms. The van der Waals surface area contributed by atoms with Gasteiger partial charge in [-0.3, -0.25) is 19.3 Å². The Bertz CT molecular complexity index is 1110. The van der Waals surface area contributed by atoms with Crippen molar-refractivity contribution in [3.63, 3.8) is 0 Å². The second-order valence-electron chi connectivity index (χ2n) is 8.47. The van der Waals surface area contributed by atoms with Gasteiger partial charge in [-0.25, -0.2) is 9.78 Å². The molecule has 1 amide bonds. The lowest BCUT2D eigenvalue weighted by Gasteiger charge is -2.28. The quantitative estimate of drug-likeness (QED) is 0.495. The monoisotopic (exact) mass is 442 g/mol. The van der Waals surface area contributed by atoms with Crippen molar-refractivity contribution in [3.05, 3.63) is 34.5 Å². The Morgan fingerprint density at radius 2 is 2.03 bits per heavy atom. The zero-order chi connectivity index (χ0) is 22.3. The number of hydrogen-bond donors (Lipinski definition) is 0. The topological polar surface area (TPSA) is 111 Å². The Kier molecular flexibility index (Phi) is 5.42. The third-order valence-corrected chi connectivity index (χ3v) is 6.18. The van der Waals surface area contributed by atoms with Crippen LogP contribution in [0, 0.1) is 0 Å². The van der Waals surface area contributed by atoms with Gasteiger partial charge in [-0.1, -0.05) is 6.08 Å². The molecular formula is C21H22N4O5S. The van der Waals surface area contributed by atoms with Crippen LogP contribution in [0.15, 0.2) is 23.2 Å². The molecule has 2 aromatic heterocycles. The van der Waals surface area contributed by atoms with E-state index in [2.05, 4.69) is 10.1 Å². The van der Waals surface area contributed by atoms with Crippen molar-refractivity contribution in [2.75, 3.05) is 4.90 Å². The van der Waals surface area contributed by atoms with Gasteiger partial charge < -0.3 is 4.74 Å². The molecule has 0 spiro atoms. The summed E-state index contributed by atoms with van der Waals surface area (Å²) in [6.07, 6.45) is 5.75. The summed E-state index contributed by atoms with van der Waals surface area (Å²) in [5.41, 5.74) is 0.540. The smallest absolute Gasteiger partial charge is 0.416 e. The van der Waals surface area contributed by atoms with E-state index in [-0.39, 0.29) is 11.3 Å². The molecule has 1 fully saturated rings. The highest BCUT2D eigenvalue weighted by atomic mass is 32.2. The maximum absolute atomic E-state index is 13.0.